The molecule has 0 fully saturated rings. The van der Waals surface area contributed by atoms with E-state index in [1.807, 2.05) is 29.2 Å². The number of hydrogen-bond donors (Lipinski definition) is 1. The summed E-state index contributed by atoms with van der Waals surface area (Å²) in [7, 11) is 0. The maximum atomic E-state index is 13.5. The van der Waals surface area contributed by atoms with E-state index in [0.717, 1.165) is 31.6 Å². The van der Waals surface area contributed by atoms with Crippen molar-refractivity contribution in [2.75, 3.05) is 32.8 Å². The fraction of sp³-hybridized carbons (Fsp3) is 0.577. The van der Waals surface area contributed by atoms with Gasteiger partial charge in [0.15, 0.2) is 0 Å². The molecule has 5 nitrogen and oxygen atoms in total. The average Bonchev–Trinajstić information content (AvgIpc) is 3.21. The number of carbonyl (C=O) groups is 1. The minimum absolute atomic E-state index is 0.0831. The van der Waals surface area contributed by atoms with Gasteiger partial charge in [-0.15, -0.1) is 11.3 Å². The monoisotopic (exact) mass is 458 g/mol. The zero-order chi connectivity index (χ0) is 23.1. The Bertz CT molecular complexity index is 849. The first-order chi connectivity index (χ1) is 15.4. The van der Waals surface area contributed by atoms with Crippen LogP contribution in [0.1, 0.15) is 55.7 Å². The molecule has 0 aliphatic carbocycles. The molecule has 6 heteroatoms. The Kier molecular flexibility index (Phi) is 9.14. The summed E-state index contributed by atoms with van der Waals surface area (Å²) in [6.07, 6.45) is 2.20. The number of nitrogens with zero attached hydrogens (tertiary/aromatic N) is 2. The largest absolute Gasteiger partial charge is 0.491 e. The summed E-state index contributed by atoms with van der Waals surface area (Å²) in [5.41, 5.74) is 2.41. The lowest BCUT2D eigenvalue weighted by atomic mass is 10.00. The van der Waals surface area contributed by atoms with Crippen molar-refractivity contribution in [1.82, 2.24) is 9.80 Å². The van der Waals surface area contributed by atoms with Gasteiger partial charge in [0.2, 0.25) is 5.91 Å². The van der Waals surface area contributed by atoms with Gasteiger partial charge in [0, 0.05) is 24.5 Å². The topological polar surface area (TPSA) is 53.0 Å². The minimum atomic E-state index is -0.392. The highest BCUT2D eigenvalue weighted by atomic mass is 32.1. The molecular weight excluding hydrogens is 420 g/mol. The SMILES string of the molecule is CCCC(O)CN(CC(=O)N1CCc2sccc2C1COc1ccc(C)cc1)CC(C)C. The highest BCUT2D eigenvalue weighted by Crippen LogP contribution is 2.34. The van der Waals surface area contributed by atoms with E-state index < -0.39 is 6.10 Å². The fourth-order valence-electron chi connectivity index (χ4n) is 4.41. The van der Waals surface area contributed by atoms with Crippen LogP contribution in [-0.2, 0) is 11.2 Å². The van der Waals surface area contributed by atoms with E-state index in [0.29, 0.717) is 32.2 Å². The summed E-state index contributed by atoms with van der Waals surface area (Å²) in [4.78, 5) is 18.9. The van der Waals surface area contributed by atoms with Crippen LogP contribution >= 0.6 is 11.3 Å². The molecule has 3 rings (SSSR count). The van der Waals surface area contributed by atoms with Gasteiger partial charge in [-0.05, 0) is 54.8 Å². The molecule has 1 N–H and O–H groups in total. The van der Waals surface area contributed by atoms with Crippen molar-refractivity contribution >= 4 is 17.2 Å². The molecule has 0 spiro atoms. The van der Waals surface area contributed by atoms with Gasteiger partial charge in [-0.3, -0.25) is 9.69 Å². The van der Waals surface area contributed by atoms with Crippen LogP contribution < -0.4 is 4.74 Å². The molecule has 1 aliphatic heterocycles. The lowest BCUT2D eigenvalue weighted by Crippen LogP contribution is -2.48. The number of thiophene rings is 1. The Balaban J connectivity index is 1.72. The van der Waals surface area contributed by atoms with Gasteiger partial charge in [0.25, 0.3) is 0 Å². The third-order valence-corrected chi connectivity index (χ3v) is 6.91. The summed E-state index contributed by atoms with van der Waals surface area (Å²) in [6, 6.07) is 10.1. The van der Waals surface area contributed by atoms with E-state index in [9.17, 15) is 9.90 Å². The molecular formula is C26H38N2O3S. The first-order valence-electron chi connectivity index (χ1n) is 11.8. The van der Waals surface area contributed by atoms with Gasteiger partial charge in [0.05, 0.1) is 18.7 Å². The predicted molar refractivity (Wildman–Crippen MR) is 131 cm³/mol. The van der Waals surface area contributed by atoms with Crippen LogP contribution in [0, 0.1) is 12.8 Å². The van der Waals surface area contributed by atoms with Gasteiger partial charge in [-0.25, -0.2) is 0 Å². The third-order valence-electron chi connectivity index (χ3n) is 5.92. The Morgan fingerprint density at radius 3 is 2.69 bits per heavy atom. The zero-order valence-corrected chi connectivity index (χ0v) is 20.7. The first kappa shape index (κ1) is 24.7. The number of rotatable bonds is 11. The quantitative estimate of drug-likeness (QED) is 0.531. The summed E-state index contributed by atoms with van der Waals surface area (Å²) in [5, 5.41) is 12.5. The fourth-order valence-corrected chi connectivity index (χ4v) is 5.34. The molecule has 2 aromatic rings. The molecule has 1 amide bonds. The molecule has 0 radical (unpaired) electrons. The normalized spacial score (nSPS) is 17.0. The van der Waals surface area contributed by atoms with Crippen LogP contribution in [0.5, 0.6) is 5.75 Å². The number of aryl methyl sites for hydroxylation is 1. The van der Waals surface area contributed by atoms with Crippen molar-refractivity contribution in [3.8, 4) is 5.75 Å². The second-order valence-corrected chi connectivity index (χ2v) is 10.3. The van der Waals surface area contributed by atoms with E-state index >= 15 is 0 Å². The van der Waals surface area contributed by atoms with Crippen LogP contribution in [0.15, 0.2) is 35.7 Å². The number of benzene rings is 1. The van der Waals surface area contributed by atoms with Crippen LogP contribution in [0.2, 0.25) is 0 Å². The number of ether oxygens (including phenoxy) is 1. The van der Waals surface area contributed by atoms with Crippen molar-refractivity contribution in [3.05, 3.63) is 51.7 Å². The van der Waals surface area contributed by atoms with Crippen LogP contribution in [0.4, 0.5) is 0 Å². The first-order valence-corrected chi connectivity index (χ1v) is 12.7. The molecule has 2 heterocycles. The number of aliphatic hydroxyl groups is 1. The lowest BCUT2D eigenvalue weighted by Gasteiger charge is -2.37. The number of amides is 1. The van der Waals surface area contributed by atoms with Gasteiger partial charge in [0.1, 0.15) is 12.4 Å². The number of fused-ring (bicyclic) bond motifs is 1. The molecule has 0 saturated carbocycles. The van der Waals surface area contributed by atoms with Gasteiger partial charge in [-0.2, -0.15) is 0 Å². The molecule has 0 saturated heterocycles. The van der Waals surface area contributed by atoms with Crippen molar-refractivity contribution in [1.29, 1.82) is 0 Å². The lowest BCUT2D eigenvalue weighted by molar-refractivity contribution is -0.136. The Labute approximate surface area is 197 Å². The van der Waals surface area contributed by atoms with Gasteiger partial charge < -0.3 is 14.7 Å². The Morgan fingerprint density at radius 2 is 2.00 bits per heavy atom. The third kappa shape index (κ3) is 6.80. The van der Waals surface area contributed by atoms with E-state index in [4.69, 9.17) is 4.74 Å². The molecule has 1 aliphatic rings. The molecule has 1 aromatic heterocycles. The maximum Gasteiger partial charge on any atom is 0.237 e. The Morgan fingerprint density at radius 1 is 1.25 bits per heavy atom. The summed E-state index contributed by atoms with van der Waals surface area (Å²) < 4.78 is 6.13. The van der Waals surface area contributed by atoms with E-state index in [1.165, 1.54) is 16.0 Å². The van der Waals surface area contributed by atoms with Crippen molar-refractivity contribution < 1.29 is 14.6 Å². The second-order valence-electron chi connectivity index (χ2n) is 9.31. The van der Waals surface area contributed by atoms with Crippen molar-refractivity contribution in [2.24, 2.45) is 5.92 Å². The highest BCUT2D eigenvalue weighted by molar-refractivity contribution is 7.10. The van der Waals surface area contributed by atoms with Crippen molar-refractivity contribution in [3.63, 3.8) is 0 Å². The van der Waals surface area contributed by atoms with Crippen LogP contribution in [0.25, 0.3) is 0 Å². The van der Waals surface area contributed by atoms with Crippen LogP contribution in [-0.4, -0.2) is 59.7 Å². The van der Waals surface area contributed by atoms with E-state index in [2.05, 4.69) is 44.0 Å². The number of carbonyl (C=O) groups excluding carboxylic acids is 1. The number of aliphatic hydroxyl groups excluding tert-OH is 1. The average molecular weight is 459 g/mol. The summed E-state index contributed by atoms with van der Waals surface area (Å²) >= 11 is 1.77. The standard InChI is InChI=1S/C26H38N2O3S/c1-5-6-21(29)16-27(15-19(2)3)17-26(30)28-13-11-25-23(12-14-32-25)24(28)18-31-22-9-7-20(4)8-10-22/h7-10,12,14,19,21,24,29H,5-6,11,13,15-18H2,1-4H3. The molecule has 2 unspecified atom stereocenters. The molecule has 2 atom stereocenters. The van der Waals surface area contributed by atoms with Gasteiger partial charge >= 0.3 is 0 Å². The maximum absolute atomic E-state index is 13.5. The van der Waals surface area contributed by atoms with E-state index in [-0.39, 0.29) is 11.9 Å². The van der Waals surface area contributed by atoms with Gasteiger partial charge in [-0.1, -0.05) is 44.9 Å². The Hall–Kier alpha value is -1.89. The van der Waals surface area contributed by atoms with Crippen molar-refractivity contribution in [2.45, 2.75) is 59.1 Å². The predicted octanol–water partition coefficient (Wildman–Crippen LogP) is 4.68. The number of hydrogen-bond acceptors (Lipinski definition) is 5. The molecule has 1 aromatic carbocycles. The second kappa shape index (κ2) is 11.8. The molecule has 0 bridgehead atoms. The highest BCUT2D eigenvalue weighted by Gasteiger charge is 2.33. The minimum Gasteiger partial charge on any atom is -0.491 e. The molecule has 32 heavy (non-hydrogen) atoms. The van der Waals surface area contributed by atoms with E-state index in [1.54, 1.807) is 11.3 Å². The smallest absolute Gasteiger partial charge is 0.237 e. The molecule has 176 valence electrons. The van der Waals surface area contributed by atoms with Crippen LogP contribution in [0.3, 0.4) is 0 Å². The zero-order valence-electron chi connectivity index (χ0n) is 19.9. The summed E-state index contributed by atoms with van der Waals surface area (Å²) in [6.45, 7) is 11.3. The summed E-state index contributed by atoms with van der Waals surface area (Å²) in [5.74, 6) is 1.38.